The fourth-order valence-corrected chi connectivity index (χ4v) is 5.06. The number of rotatable bonds is 3. The molecule has 3 N–H and O–H groups in total. The van der Waals surface area contributed by atoms with Gasteiger partial charge in [0.15, 0.2) is 0 Å². The van der Waals surface area contributed by atoms with Gasteiger partial charge in [0.2, 0.25) is 0 Å². The molecule has 5 rings (SSSR count). The molecule has 0 bridgehead atoms. The second-order valence-corrected chi connectivity index (χ2v) is 10.9. The Morgan fingerprint density at radius 1 is 1.24 bits per heavy atom. The number of aromatic amines is 1. The highest BCUT2D eigenvalue weighted by Gasteiger charge is 2.23. The summed E-state index contributed by atoms with van der Waals surface area (Å²) in [5.41, 5.74) is 7.64. The van der Waals surface area contributed by atoms with Gasteiger partial charge in [-0.3, -0.25) is 0 Å². The van der Waals surface area contributed by atoms with Gasteiger partial charge >= 0.3 is 6.03 Å². The molecule has 0 unspecified atom stereocenters. The molecule has 33 heavy (non-hydrogen) atoms. The molecule has 9 heteroatoms. The normalized spacial score (nSPS) is 14.5. The van der Waals surface area contributed by atoms with Crippen LogP contribution in [0.15, 0.2) is 46.5 Å². The zero-order chi connectivity index (χ0) is 23.2. The number of nitrogens with zero attached hydrogens (tertiary/aromatic N) is 3. The number of amides is 2. The maximum absolute atomic E-state index is 12.5. The zero-order valence-electron chi connectivity index (χ0n) is 18.7. The highest BCUT2D eigenvalue weighted by Crippen LogP contribution is 2.36. The zero-order valence-corrected chi connectivity index (χ0v) is 21.1. The molecule has 0 atom stereocenters. The highest BCUT2D eigenvalue weighted by atomic mass is 79.9. The molecule has 4 aromatic rings. The van der Waals surface area contributed by atoms with Gasteiger partial charge in [-0.15, -0.1) is 11.3 Å². The number of thiazole rings is 1. The Morgan fingerprint density at radius 3 is 2.85 bits per heavy atom. The summed E-state index contributed by atoms with van der Waals surface area (Å²) in [6.07, 6.45) is 4.72. The molecule has 0 aliphatic carbocycles. The molecule has 1 aliphatic heterocycles. The SMILES string of the molecule is CC(C)(C)NC(=O)N1CC=C(c2cc3c(Nc4ccc5ncsc5c4)c(Br)cnc3[nH]2)CC1. The number of benzene rings is 1. The first-order valence-electron chi connectivity index (χ1n) is 10.8. The van der Waals surface area contributed by atoms with Crippen LogP contribution in [0.3, 0.4) is 0 Å². The summed E-state index contributed by atoms with van der Waals surface area (Å²) < 4.78 is 2.04. The van der Waals surface area contributed by atoms with E-state index >= 15 is 0 Å². The van der Waals surface area contributed by atoms with Gasteiger partial charge in [0.25, 0.3) is 0 Å². The first-order valence-corrected chi connectivity index (χ1v) is 12.5. The Morgan fingerprint density at radius 2 is 2.09 bits per heavy atom. The number of hydrogen-bond acceptors (Lipinski definition) is 5. The van der Waals surface area contributed by atoms with Crippen molar-refractivity contribution in [1.29, 1.82) is 0 Å². The summed E-state index contributed by atoms with van der Waals surface area (Å²) in [5, 5.41) is 7.59. The van der Waals surface area contributed by atoms with Crippen molar-refractivity contribution in [3.63, 3.8) is 0 Å². The van der Waals surface area contributed by atoms with Gasteiger partial charge < -0.3 is 20.5 Å². The third-order valence-electron chi connectivity index (χ3n) is 5.54. The monoisotopic (exact) mass is 524 g/mol. The van der Waals surface area contributed by atoms with Crippen LogP contribution < -0.4 is 10.6 Å². The summed E-state index contributed by atoms with van der Waals surface area (Å²) in [5.74, 6) is 0. The van der Waals surface area contributed by atoms with E-state index in [1.807, 2.05) is 49.5 Å². The quantitative estimate of drug-likeness (QED) is 0.294. The summed E-state index contributed by atoms with van der Waals surface area (Å²) >= 11 is 5.28. The van der Waals surface area contributed by atoms with Gasteiger partial charge in [-0.25, -0.2) is 14.8 Å². The lowest BCUT2D eigenvalue weighted by Crippen LogP contribution is -2.49. The number of pyridine rings is 1. The standard InChI is InChI=1S/C24H25BrN6OS/c1-24(2,3)30-23(32)31-8-6-14(7-9-31)19-11-16-21(17(25)12-26-22(16)29-19)28-15-4-5-18-20(10-15)33-13-27-18/h4-6,10-13H,7-9H2,1-3H3,(H,30,32)(H2,26,28,29). The second-order valence-electron chi connectivity index (χ2n) is 9.19. The first kappa shape index (κ1) is 21.9. The third-order valence-corrected chi connectivity index (χ3v) is 6.93. The molecule has 0 fully saturated rings. The molecule has 0 saturated heterocycles. The Bertz CT molecular complexity index is 1380. The Hall–Kier alpha value is -2.91. The van der Waals surface area contributed by atoms with Crippen LogP contribution >= 0.6 is 27.3 Å². The molecule has 3 aromatic heterocycles. The molecule has 4 heterocycles. The maximum Gasteiger partial charge on any atom is 0.318 e. The van der Waals surface area contributed by atoms with Gasteiger partial charge in [0.1, 0.15) is 5.65 Å². The average Bonchev–Trinajstić information content (AvgIpc) is 3.41. The summed E-state index contributed by atoms with van der Waals surface area (Å²) in [6.45, 7) is 7.25. The predicted octanol–water partition coefficient (Wildman–Crippen LogP) is 6.28. The van der Waals surface area contributed by atoms with Crippen molar-refractivity contribution >= 4 is 71.5 Å². The van der Waals surface area contributed by atoms with Crippen LogP contribution in [0.2, 0.25) is 0 Å². The van der Waals surface area contributed by atoms with Crippen LogP contribution in [-0.4, -0.2) is 44.5 Å². The molecule has 0 saturated carbocycles. The van der Waals surface area contributed by atoms with E-state index in [4.69, 9.17) is 0 Å². The van der Waals surface area contributed by atoms with Crippen molar-refractivity contribution in [3.8, 4) is 0 Å². The average molecular weight is 525 g/mol. The number of carbonyl (C=O) groups is 1. The van der Waals surface area contributed by atoms with Gasteiger partial charge in [-0.1, -0.05) is 6.08 Å². The number of aromatic nitrogens is 3. The van der Waals surface area contributed by atoms with Crippen molar-refractivity contribution in [2.45, 2.75) is 32.7 Å². The lowest BCUT2D eigenvalue weighted by molar-refractivity contribution is 0.193. The van der Waals surface area contributed by atoms with E-state index in [1.54, 1.807) is 11.3 Å². The molecule has 7 nitrogen and oxygen atoms in total. The fraction of sp³-hybridized carbons (Fsp3) is 0.292. The Labute approximate surface area is 204 Å². The molecule has 0 radical (unpaired) electrons. The van der Waals surface area contributed by atoms with E-state index in [0.717, 1.165) is 49.2 Å². The minimum Gasteiger partial charge on any atom is -0.354 e. The minimum atomic E-state index is -0.245. The number of hydrogen-bond donors (Lipinski definition) is 3. The molecule has 0 spiro atoms. The van der Waals surface area contributed by atoms with Crippen LogP contribution in [-0.2, 0) is 0 Å². The van der Waals surface area contributed by atoms with Crippen LogP contribution in [0.1, 0.15) is 32.9 Å². The van der Waals surface area contributed by atoms with Crippen molar-refractivity contribution in [3.05, 3.63) is 52.2 Å². The number of anilines is 2. The predicted molar refractivity (Wildman–Crippen MR) is 139 cm³/mol. The number of H-pyrrole nitrogens is 1. The fourth-order valence-electron chi connectivity index (χ4n) is 3.93. The van der Waals surface area contributed by atoms with E-state index in [-0.39, 0.29) is 11.6 Å². The van der Waals surface area contributed by atoms with E-state index < -0.39 is 0 Å². The van der Waals surface area contributed by atoms with Crippen LogP contribution in [0.4, 0.5) is 16.2 Å². The van der Waals surface area contributed by atoms with Gasteiger partial charge in [-0.05, 0) is 73.0 Å². The smallest absolute Gasteiger partial charge is 0.318 e. The Kier molecular flexibility index (Phi) is 5.62. The molecule has 170 valence electrons. The summed E-state index contributed by atoms with van der Waals surface area (Å²) in [7, 11) is 0. The van der Waals surface area contributed by atoms with Gasteiger partial charge in [0.05, 0.1) is 25.9 Å². The number of nitrogens with one attached hydrogen (secondary N) is 3. The summed E-state index contributed by atoms with van der Waals surface area (Å²) in [6, 6.07) is 8.29. The van der Waals surface area contributed by atoms with Gasteiger partial charge in [0, 0.05) is 41.6 Å². The highest BCUT2D eigenvalue weighted by molar-refractivity contribution is 9.10. The topological polar surface area (TPSA) is 85.9 Å². The molecular formula is C24H25BrN6OS. The molecule has 2 amide bonds. The van der Waals surface area contributed by atoms with Crippen LogP contribution in [0.25, 0.3) is 26.8 Å². The van der Waals surface area contributed by atoms with Crippen molar-refractivity contribution in [2.75, 3.05) is 18.4 Å². The second kappa shape index (κ2) is 8.46. The lowest BCUT2D eigenvalue weighted by atomic mass is 10.0. The number of halogens is 1. The van der Waals surface area contributed by atoms with Gasteiger partial charge in [-0.2, -0.15) is 0 Å². The maximum atomic E-state index is 12.5. The minimum absolute atomic E-state index is 0.0237. The number of urea groups is 1. The van der Waals surface area contributed by atoms with Crippen molar-refractivity contribution in [1.82, 2.24) is 25.2 Å². The van der Waals surface area contributed by atoms with Crippen LogP contribution in [0.5, 0.6) is 0 Å². The van der Waals surface area contributed by atoms with Crippen LogP contribution in [0, 0.1) is 0 Å². The number of carbonyl (C=O) groups excluding carboxylic acids is 1. The molecular weight excluding hydrogens is 500 g/mol. The summed E-state index contributed by atoms with van der Waals surface area (Å²) in [4.78, 5) is 26.7. The van der Waals surface area contributed by atoms with Crippen molar-refractivity contribution < 1.29 is 4.79 Å². The van der Waals surface area contributed by atoms with E-state index in [9.17, 15) is 4.79 Å². The van der Waals surface area contributed by atoms with E-state index in [1.165, 1.54) is 5.57 Å². The van der Waals surface area contributed by atoms with Crippen molar-refractivity contribution in [2.24, 2.45) is 0 Å². The number of fused-ring (bicyclic) bond motifs is 2. The van der Waals surface area contributed by atoms with E-state index in [0.29, 0.717) is 13.1 Å². The first-order chi connectivity index (χ1) is 15.8. The molecule has 1 aliphatic rings. The third kappa shape index (κ3) is 4.60. The lowest BCUT2D eigenvalue weighted by Gasteiger charge is -2.30. The van der Waals surface area contributed by atoms with E-state index in [2.05, 4.69) is 59.7 Å². The Balaban J connectivity index is 1.40. The largest absolute Gasteiger partial charge is 0.354 e. The molecule has 1 aromatic carbocycles.